The lowest BCUT2D eigenvalue weighted by Crippen LogP contribution is -2.61. The first kappa shape index (κ1) is 28.2. The van der Waals surface area contributed by atoms with Gasteiger partial charge in [-0.25, -0.2) is 0 Å². The Kier molecular flexibility index (Phi) is 10.5. The maximum Gasteiger partial charge on any atom is 0.184 e. The van der Waals surface area contributed by atoms with Crippen LogP contribution in [0.15, 0.2) is 121 Å². The number of hydrogen-bond acceptors (Lipinski definition) is 6. The van der Waals surface area contributed by atoms with Crippen LogP contribution in [0.3, 0.4) is 0 Å². The van der Waals surface area contributed by atoms with Crippen LogP contribution >= 0.6 is 0 Å². The van der Waals surface area contributed by atoms with E-state index in [0.717, 1.165) is 22.3 Å². The molecular weight excluding hydrogens is 504 g/mol. The third-order valence-electron chi connectivity index (χ3n) is 6.86. The summed E-state index contributed by atoms with van der Waals surface area (Å²) in [6.07, 6.45) is -3.72. The van der Waals surface area contributed by atoms with Gasteiger partial charge >= 0.3 is 0 Å². The fourth-order valence-corrected chi connectivity index (χ4v) is 4.77. The molecule has 5 atom stereocenters. The van der Waals surface area contributed by atoms with E-state index in [9.17, 15) is 5.11 Å². The zero-order valence-electron chi connectivity index (χ0n) is 22.5. The molecule has 1 fully saturated rings. The van der Waals surface area contributed by atoms with Gasteiger partial charge in [-0.15, -0.1) is 0 Å². The lowest BCUT2D eigenvalue weighted by molar-refractivity contribution is -0.317. The molecule has 4 aromatic rings. The van der Waals surface area contributed by atoms with Crippen molar-refractivity contribution >= 4 is 0 Å². The fourth-order valence-electron chi connectivity index (χ4n) is 4.77. The van der Waals surface area contributed by atoms with Gasteiger partial charge in [-0.05, 0) is 22.3 Å². The van der Waals surface area contributed by atoms with E-state index in [0.29, 0.717) is 26.4 Å². The van der Waals surface area contributed by atoms with Crippen LogP contribution in [-0.4, -0.2) is 42.4 Å². The molecule has 5 rings (SSSR count). The van der Waals surface area contributed by atoms with Gasteiger partial charge in [0.15, 0.2) is 6.29 Å². The lowest BCUT2D eigenvalue weighted by Gasteiger charge is -2.44. The van der Waals surface area contributed by atoms with Crippen molar-refractivity contribution in [3.8, 4) is 0 Å². The van der Waals surface area contributed by atoms with Gasteiger partial charge in [0.2, 0.25) is 0 Å². The topological polar surface area (TPSA) is 66.4 Å². The number of ether oxygens (including phenoxy) is 5. The summed E-state index contributed by atoms with van der Waals surface area (Å²) in [5.74, 6) is 0. The van der Waals surface area contributed by atoms with E-state index in [-0.39, 0.29) is 6.61 Å². The minimum Gasteiger partial charge on any atom is -0.374 e. The molecule has 1 aliphatic heterocycles. The monoisotopic (exact) mass is 540 g/mol. The second kappa shape index (κ2) is 14.9. The molecular formula is C34H36O6. The minimum atomic E-state index is -1.22. The molecule has 4 aromatic carbocycles. The SMILES string of the molecule is O[C@H]1OC(COCc2ccccc2)[C@H](OCc2ccccc2)C(OCc2ccccc2)[C@@H]1OCc1ccccc1. The van der Waals surface area contributed by atoms with Crippen molar-refractivity contribution in [1.29, 1.82) is 0 Å². The molecule has 0 spiro atoms. The molecule has 0 saturated carbocycles. The van der Waals surface area contributed by atoms with Crippen LogP contribution in [0.25, 0.3) is 0 Å². The van der Waals surface area contributed by atoms with Crippen LogP contribution in [0.1, 0.15) is 22.3 Å². The molecule has 0 amide bonds. The highest BCUT2D eigenvalue weighted by Crippen LogP contribution is 2.30. The number of aliphatic hydroxyl groups excluding tert-OH is 1. The number of hydrogen-bond donors (Lipinski definition) is 1. The molecule has 208 valence electrons. The Morgan fingerprint density at radius 1 is 0.475 bits per heavy atom. The molecule has 0 aromatic heterocycles. The van der Waals surface area contributed by atoms with E-state index in [1.54, 1.807) is 0 Å². The van der Waals surface area contributed by atoms with Crippen molar-refractivity contribution < 1.29 is 28.8 Å². The minimum absolute atomic E-state index is 0.224. The Morgan fingerprint density at radius 2 is 0.850 bits per heavy atom. The molecule has 1 aliphatic rings. The van der Waals surface area contributed by atoms with E-state index in [4.69, 9.17) is 23.7 Å². The van der Waals surface area contributed by atoms with Gasteiger partial charge in [0.25, 0.3) is 0 Å². The van der Waals surface area contributed by atoms with Crippen LogP contribution in [-0.2, 0) is 50.1 Å². The maximum absolute atomic E-state index is 11.2. The molecule has 1 heterocycles. The molecule has 2 unspecified atom stereocenters. The first-order chi connectivity index (χ1) is 19.8. The van der Waals surface area contributed by atoms with Gasteiger partial charge in [0, 0.05) is 0 Å². The van der Waals surface area contributed by atoms with Gasteiger partial charge in [-0.3, -0.25) is 0 Å². The summed E-state index contributed by atoms with van der Waals surface area (Å²) in [6, 6.07) is 39.7. The fraction of sp³-hybridized carbons (Fsp3) is 0.294. The third-order valence-corrected chi connectivity index (χ3v) is 6.86. The Hall–Kier alpha value is -3.36. The molecule has 0 radical (unpaired) electrons. The second-order valence-electron chi connectivity index (χ2n) is 9.85. The van der Waals surface area contributed by atoms with Gasteiger partial charge in [0.05, 0.1) is 33.0 Å². The van der Waals surface area contributed by atoms with Crippen LogP contribution in [0.5, 0.6) is 0 Å². The van der Waals surface area contributed by atoms with Gasteiger partial charge in [0.1, 0.15) is 24.4 Å². The number of rotatable bonds is 13. The smallest absolute Gasteiger partial charge is 0.184 e. The maximum atomic E-state index is 11.2. The number of aliphatic hydroxyl groups is 1. The normalized spacial score (nSPS) is 22.7. The van der Waals surface area contributed by atoms with Gasteiger partial charge in [-0.2, -0.15) is 0 Å². The van der Waals surface area contributed by atoms with E-state index < -0.39 is 30.7 Å². The molecule has 1 saturated heterocycles. The van der Waals surface area contributed by atoms with E-state index in [2.05, 4.69) is 0 Å². The zero-order valence-corrected chi connectivity index (χ0v) is 22.5. The van der Waals surface area contributed by atoms with Crippen molar-refractivity contribution in [3.63, 3.8) is 0 Å². The van der Waals surface area contributed by atoms with E-state index in [1.807, 2.05) is 121 Å². The Balaban J connectivity index is 1.36. The molecule has 0 aliphatic carbocycles. The molecule has 40 heavy (non-hydrogen) atoms. The average molecular weight is 541 g/mol. The highest BCUT2D eigenvalue weighted by Gasteiger charge is 2.48. The predicted octanol–water partition coefficient (Wildman–Crippen LogP) is 5.68. The lowest BCUT2D eigenvalue weighted by atomic mass is 9.98. The van der Waals surface area contributed by atoms with Crippen molar-refractivity contribution in [1.82, 2.24) is 0 Å². The van der Waals surface area contributed by atoms with Gasteiger partial charge < -0.3 is 28.8 Å². The van der Waals surface area contributed by atoms with Crippen LogP contribution in [0.4, 0.5) is 0 Å². The van der Waals surface area contributed by atoms with Crippen molar-refractivity contribution in [2.24, 2.45) is 0 Å². The quantitative estimate of drug-likeness (QED) is 0.236. The summed E-state index contributed by atoms with van der Waals surface area (Å²) in [7, 11) is 0. The number of benzene rings is 4. The summed E-state index contributed by atoms with van der Waals surface area (Å²) in [4.78, 5) is 0. The standard InChI is InChI=1S/C34H36O6/c35-34-33(39-24-29-19-11-4-12-20-29)32(38-23-28-17-9-3-10-18-28)31(37-22-27-15-7-2-8-16-27)30(40-34)25-36-21-26-13-5-1-6-14-26/h1-20,30-35H,21-25H2/t30?,31-,32?,33-,34-/m0/s1. The summed E-state index contributed by atoms with van der Waals surface area (Å²) in [5, 5.41) is 11.2. The molecule has 6 heteroatoms. The van der Waals surface area contributed by atoms with Crippen molar-refractivity contribution in [2.45, 2.75) is 57.1 Å². The first-order valence-electron chi connectivity index (χ1n) is 13.7. The average Bonchev–Trinajstić information content (AvgIpc) is 3.01. The Labute approximate surface area is 236 Å². The van der Waals surface area contributed by atoms with Gasteiger partial charge in [-0.1, -0.05) is 121 Å². The first-order valence-corrected chi connectivity index (χ1v) is 13.7. The largest absolute Gasteiger partial charge is 0.374 e. The summed E-state index contributed by atoms with van der Waals surface area (Å²) >= 11 is 0. The van der Waals surface area contributed by atoms with Crippen molar-refractivity contribution in [2.75, 3.05) is 6.61 Å². The van der Waals surface area contributed by atoms with E-state index >= 15 is 0 Å². The summed E-state index contributed by atoms with van der Waals surface area (Å²) in [5.41, 5.74) is 4.10. The summed E-state index contributed by atoms with van der Waals surface area (Å²) in [6.45, 7) is 1.65. The van der Waals surface area contributed by atoms with E-state index in [1.165, 1.54) is 0 Å². The highest BCUT2D eigenvalue weighted by molar-refractivity contribution is 5.16. The van der Waals surface area contributed by atoms with Crippen LogP contribution in [0.2, 0.25) is 0 Å². The van der Waals surface area contributed by atoms with Crippen LogP contribution in [0, 0.1) is 0 Å². The van der Waals surface area contributed by atoms with Crippen LogP contribution < -0.4 is 0 Å². The third kappa shape index (κ3) is 8.08. The molecule has 6 nitrogen and oxygen atoms in total. The molecule has 0 bridgehead atoms. The van der Waals surface area contributed by atoms with Crippen molar-refractivity contribution in [3.05, 3.63) is 144 Å². The second-order valence-corrected chi connectivity index (χ2v) is 9.85. The summed E-state index contributed by atoms with van der Waals surface area (Å²) < 4.78 is 31.4. The predicted molar refractivity (Wildman–Crippen MR) is 152 cm³/mol. The zero-order chi connectivity index (χ0) is 27.4. The Morgan fingerprint density at radius 3 is 1.30 bits per heavy atom. The molecule has 1 N–H and O–H groups in total. The highest BCUT2D eigenvalue weighted by atomic mass is 16.7. The Bertz CT molecular complexity index is 1240.